The predicted molar refractivity (Wildman–Crippen MR) is 167 cm³/mol. The molecule has 10 heteroatoms. The average molecular weight is 611 g/mol. The van der Waals surface area contributed by atoms with Gasteiger partial charge in [-0.15, -0.1) is 0 Å². The third-order valence-corrected chi connectivity index (χ3v) is 8.90. The van der Waals surface area contributed by atoms with Crippen molar-refractivity contribution in [2.24, 2.45) is 5.84 Å². The molecule has 3 aromatic rings. The first-order valence-electron chi connectivity index (χ1n) is 15.7. The summed E-state index contributed by atoms with van der Waals surface area (Å²) in [6, 6.07) is 22.0. The summed E-state index contributed by atoms with van der Waals surface area (Å²) in [6.45, 7) is 0.266. The number of carbonyl (C=O) groups is 4. The smallest absolute Gasteiger partial charge is 0.331 e. The molecule has 0 aromatic heterocycles. The van der Waals surface area contributed by atoms with Gasteiger partial charge in [-0.1, -0.05) is 68.1 Å². The van der Waals surface area contributed by atoms with Crippen LogP contribution in [-0.4, -0.2) is 58.3 Å². The minimum atomic E-state index is -1.03. The van der Waals surface area contributed by atoms with E-state index in [1.54, 1.807) is 53.4 Å². The third-order valence-electron chi connectivity index (χ3n) is 8.90. The van der Waals surface area contributed by atoms with Crippen LogP contribution in [0.15, 0.2) is 78.9 Å². The molecule has 2 N–H and O–H groups in total. The Labute approximate surface area is 262 Å². The Hall–Kier alpha value is -4.70. The Balaban J connectivity index is 1.42. The van der Waals surface area contributed by atoms with E-state index in [1.165, 1.54) is 4.90 Å². The monoisotopic (exact) mass is 610 g/mol. The summed E-state index contributed by atoms with van der Waals surface area (Å²) in [4.78, 5) is 58.3. The highest BCUT2D eigenvalue weighted by molar-refractivity contribution is 6.40. The van der Waals surface area contributed by atoms with Crippen LogP contribution in [0.2, 0.25) is 0 Å². The first kappa shape index (κ1) is 30.3. The zero-order valence-electron chi connectivity index (χ0n) is 25.2. The van der Waals surface area contributed by atoms with Crippen molar-refractivity contribution in [3.05, 3.63) is 90.0 Å². The van der Waals surface area contributed by atoms with Crippen LogP contribution in [0, 0.1) is 0 Å². The molecule has 3 aliphatic rings. The summed E-state index contributed by atoms with van der Waals surface area (Å²) in [5.74, 6) is 4.76. The fraction of sp³-hybridized carbons (Fsp3) is 0.371. The van der Waals surface area contributed by atoms with Gasteiger partial charge >= 0.3 is 17.8 Å². The van der Waals surface area contributed by atoms with Gasteiger partial charge in [-0.3, -0.25) is 19.3 Å². The molecule has 2 unspecified atom stereocenters. The van der Waals surface area contributed by atoms with Crippen molar-refractivity contribution in [2.75, 3.05) is 11.6 Å². The number of hydrazine groups is 1. The number of carbonyl (C=O) groups excluding carboxylic acids is 4. The number of rotatable bonds is 5. The molecule has 0 radical (unpaired) electrons. The van der Waals surface area contributed by atoms with E-state index in [9.17, 15) is 19.2 Å². The second-order valence-corrected chi connectivity index (χ2v) is 11.9. The van der Waals surface area contributed by atoms with Crippen LogP contribution in [0.3, 0.4) is 0 Å². The lowest BCUT2D eigenvalue weighted by molar-refractivity contribution is -0.168. The summed E-state index contributed by atoms with van der Waals surface area (Å²) >= 11 is 0. The topological polar surface area (TPSA) is 122 Å². The lowest BCUT2D eigenvalue weighted by Gasteiger charge is -2.38. The molecule has 6 rings (SSSR count). The molecule has 2 heterocycles. The predicted octanol–water partition coefficient (Wildman–Crippen LogP) is 4.97. The van der Waals surface area contributed by atoms with Crippen LogP contribution in [0.4, 0.5) is 5.69 Å². The van der Waals surface area contributed by atoms with Crippen LogP contribution in [-0.2, 0) is 25.5 Å². The van der Waals surface area contributed by atoms with E-state index in [1.807, 2.05) is 30.3 Å². The molecule has 3 amide bonds. The molecule has 0 spiro atoms. The number of nitrogens with two attached hydrogens (primary N) is 1. The number of fused-ring (bicyclic) bond motifs is 2. The Bertz CT molecular complexity index is 1550. The van der Waals surface area contributed by atoms with Crippen LogP contribution in [0.5, 0.6) is 11.5 Å². The van der Waals surface area contributed by atoms with Gasteiger partial charge in [0.1, 0.15) is 17.5 Å². The Kier molecular flexibility index (Phi) is 9.11. The van der Waals surface area contributed by atoms with Crippen LogP contribution < -0.4 is 15.6 Å². The summed E-state index contributed by atoms with van der Waals surface area (Å²) in [7, 11) is 0. The second-order valence-electron chi connectivity index (χ2n) is 11.9. The number of anilines is 1. The van der Waals surface area contributed by atoms with Gasteiger partial charge in [0.2, 0.25) is 0 Å². The van der Waals surface area contributed by atoms with Crippen LogP contribution >= 0.6 is 0 Å². The number of esters is 1. The molecule has 3 aromatic carbocycles. The number of hydrogen-bond donors (Lipinski definition) is 1. The maximum atomic E-state index is 14.6. The van der Waals surface area contributed by atoms with E-state index in [-0.39, 0.29) is 24.9 Å². The van der Waals surface area contributed by atoms with Crippen molar-refractivity contribution < 1.29 is 28.7 Å². The van der Waals surface area contributed by atoms with Gasteiger partial charge in [0, 0.05) is 31.0 Å². The number of para-hydroxylation sites is 2. The highest BCUT2D eigenvalue weighted by Crippen LogP contribution is 2.32. The summed E-state index contributed by atoms with van der Waals surface area (Å²) in [5.41, 5.74) is 1.24. The largest absolute Gasteiger partial charge is 0.457 e. The minimum absolute atomic E-state index is 0.0549. The van der Waals surface area contributed by atoms with Gasteiger partial charge in [-0.2, -0.15) is 0 Å². The number of benzene rings is 3. The fourth-order valence-electron chi connectivity index (χ4n) is 6.63. The van der Waals surface area contributed by atoms with Crippen molar-refractivity contribution in [2.45, 2.75) is 76.1 Å². The Morgan fingerprint density at radius 2 is 1.51 bits per heavy atom. The molecule has 1 saturated carbocycles. The SMILES string of the molecule is NN1C(=O)C(=O)N2CCCC2OC(=O)C(N(C(=O)c2cccc(Oc3ccccc3)c2)C2CCCCCC2)Cc2ccccc21. The summed E-state index contributed by atoms with van der Waals surface area (Å²) < 4.78 is 12.1. The minimum Gasteiger partial charge on any atom is -0.457 e. The zero-order chi connectivity index (χ0) is 31.3. The highest BCUT2D eigenvalue weighted by Gasteiger charge is 2.43. The van der Waals surface area contributed by atoms with Gasteiger partial charge in [0.25, 0.3) is 5.91 Å². The standard InChI is InChI=1S/C35H38N4O6/c36-39-29-19-9-8-12-24(29)23-30(35(43)45-31-20-11-21-37(31)33(41)34(39)42)38(26-14-4-1-2-5-15-26)32(40)25-13-10-18-28(22-25)44-27-16-6-3-7-17-27/h3,6-10,12-13,16-19,22,26,30-31H,1-2,4-5,11,14-15,20-21,23,36H2. The van der Waals surface area contributed by atoms with Crippen molar-refractivity contribution in [1.29, 1.82) is 0 Å². The van der Waals surface area contributed by atoms with E-state index >= 15 is 0 Å². The van der Waals surface area contributed by atoms with E-state index in [4.69, 9.17) is 15.3 Å². The van der Waals surface area contributed by atoms with E-state index < -0.39 is 30.1 Å². The van der Waals surface area contributed by atoms with Gasteiger partial charge in [-0.05, 0) is 61.2 Å². The number of nitrogens with zero attached hydrogens (tertiary/aromatic N) is 3. The first-order chi connectivity index (χ1) is 21.9. The van der Waals surface area contributed by atoms with Gasteiger partial charge in [0.15, 0.2) is 6.23 Å². The number of hydrogen-bond acceptors (Lipinski definition) is 7. The van der Waals surface area contributed by atoms with Crippen LogP contribution in [0.1, 0.15) is 67.3 Å². The third kappa shape index (κ3) is 6.56. The summed E-state index contributed by atoms with van der Waals surface area (Å²) in [5, 5.41) is 0.849. The van der Waals surface area contributed by atoms with Gasteiger partial charge in [0.05, 0.1) is 5.69 Å². The molecular weight excluding hydrogens is 572 g/mol. The molecule has 1 aliphatic carbocycles. The van der Waals surface area contributed by atoms with Gasteiger partial charge < -0.3 is 14.4 Å². The quantitative estimate of drug-likeness (QED) is 0.142. The zero-order valence-corrected chi connectivity index (χ0v) is 25.2. The average Bonchev–Trinajstić information content (AvgIpc) is 3.35. The fourth-order valence-corrected chi connectivity index (χ4v) is 6.63. The molecule has 2 fully saturated rings. The number of ether oxygens (including phenoxy) is 2. The summed E-state index contributed by atoms with van der Waals surface area (Å²) in [6.07, 6.45) is 5.56. The van der Waals surface area contributed by atoms with E-state index in [0.29, 0.717) is 41.2 Å². The molecule has 2 aliphatic heterocycles. The normalized spacial score (nSPS) is 21.2. The molecule has 234 valence electrons. The lowest BCUT2D eigenvalue weighted by Crippen LogP contribution is -2.54. The number of amides is 3. The van der Waals surface area contributed by atoms with E-state index in [0.717, 1.165) is 43.5 Å². The molecule has 2 atom stereocenters. The molecule has 10 nitrogen and oxygen atoms in total. The van der Waals surface area contributed by atoms with Crippen molar-refractivity contribution >= 4 is 29.4 Å². The Morgan fingerprint density at radius 3 is 2.29 bits per heavy atom. The van der Waals surface area contributed by atoms with Gasteiger partial charge in [-0.25, -0.2) is 15.6 Å². The molecule has 1 saturated heterocycles. The van der Waals surface area contributed by atoms with Crippen molar-refractivity contribution in [1.82, 2.24) is 9.80 Å². The molecule has 45 heavy (non-hydrogen) atoms. The maximum Gasteiger partial charge on any atom is 0.331 e. The maximum absolute atomic E-state index is 14.6. The lowest BCUT2D eigenvalue weighted by atomic mass is 9.97. The Morgan fingerprint density at radius 1 is 0.800 bits per heavy atom. The first-order valence-corrected chi connectivity index (χ1v) is 15.7. The molecule has 0 bridgehead atoms. The van der Waals surface area contributed by atoms with Crippen molar-refractivity contribution in [3.63, 3.8) is 0 Å². The van der Waals surface area contributed by atoms with Crippen LogP contribution in [0.25, 0.3) is 0 Å². The molecular formula is C35H38N4O6. The highest BCUT2D eigenvalue weighted by atomic mass is 16.6. The van der Waals surface area contributed by atoms with E-state index in [2.05, 4.69) is 0 Å². The van der Waals surface area contributed by atoms with Crippen molar-refractivity contribution in [3.8, 4) is 11.5 Å². The second kappa shape index (κ2) is 13.5.